The van der Waals surface area contributed by atoms with Crippen molar-refractivity contribution >= 4 is 11.6 Å². The molecule has 1 aromatic rings. The molecular formula is C12H17ClO. The second kappa shape index (κ2) is 4.70. The molecule has 0 aliphatic heterocycles. The average Bonchev–Trinajstić information content (AvgIpc) is 2.01. The quantitative estimate of drug-likeness (QED) is 0.728. The fourth-order valence-corrected chi connectivity index (χ4v) is 1.50. The van der Waals surface area contributed by atoms with Crippen LogP contribution < -0.4 is 4.74 Å². The van der Waals surface area contributed by atoms with E-state index in [4.69, 9.17) is 16.3 Å². The SMILES string of the molecule is CC(C)Oc1cc(Cl)ccc1C(C)C. The zero-order valence-corrected chi connectivity index (χ0v) is 9.93. The summed E-state index contributed by atoms with van der Waals surface area (Å²) in [7, 11) is 0. The van der Waals surface area contributed by atoms with Crippen LogP contribution in [-0.2, 0) is 0 Å². The van der Waals surface area contributed by atoms with E-state index in [1.54, 1.807) is 0 Å². The van der Waals surface area contributed by atoms with E-state index in [0.717, 1.165) is 10.8 Å². The van der Waals surface area contributed by atoms with Gasteiger partial charge in [-0.15, -0.1) is 0 Å². The lowest BCUT2D eigenvalue weighted by Gasteiger charge is -2.16. The van der Waals surface area contributed by atoms with Crippen LogP contribution in [0.4, 0.5) is 0 Å². The van der Waals surface area contributed by atoms with Gasteiger partial charge < -0.3 is 4.74 Å². The summed E-state index contributed by atoms with van der Waals surface area (Å²) < 4.78 is 5.70. The molecule has 1 nitrogen and oxygen atoms in total. The number of hydrogen-bond acceptors (Lipinski definition) is 1. The Hall–Kier alpha value is -0.690. The Kier molecular flexibility index (Phi) is 3.82. The summed E-state index contributed by atoms with van der Waals surface area (Å²) in [5.41, 5.74) is 1.21. The van der Waals surface area contributed by atoms with E-state index < -0.39 is 0 Å². The first kappa shape index (κ1) is 11.4. The van der Waals surface area contributed by atoms with Gasteiger partial charge in [0.25, 0.3) is 0 Å². The molecule has 0 amide bonds. The van der Waals surface area contributed by atoms with Crippen LogP contribution in [0.5, 0.6) is 5.75 Å². The van der Waals surface area contributed by atoms with Crippen molar-refractivity contribution in [2.24, 2.45) is 0 Å². The summed E-state index contributed by atoms with van der Waals surface area (Å²) in [5.74, 6) is 1.36. The van der Waals surface area contributed by atoms with Gasteiger partial charge in [0, 0.05) is 5.02 Å². The topological polar surface area (TPSA) is 9.23 Å². The van der Waals surface area contributed by atoms with E-state index in [1.165, 1.54) is 5.56 Å². The second-order valence-corrected chi connectivity index (χ2v) is 4.44. The zero-order chi connectivity index (χ0) is 10.7. The van der Waals surface area contributed by atoms with Crippen molar-refractivity contribution in [1.82, 2.24) is 0 Å². The molecule has 1 rings (SSSR count). The highest BCUT2D eigenvalue weighted by molar-refractivity contribution is 6.30. The number of hydrogen-bond donors (Lipinski definition) is 0. The van der Waals surface area contributed by atoms with E-state index in [1.807, 2.05) is 32.0 Å². The summed E-state index contributed by atoms with van der Waals surface area (Å²) in [6.07, 6.45) is 0.186. The third-order valence-corrected chi connectivity index (χ3v) is 2.20. The van der Waals surface area contributed by atoms with Crippen LogP contribution in [0.1, 0.15) is 39.2 Å². The van der Waals surface area contributed by atoms with E-state index in [9.17, 15) is 0 Å². The third-order valence-electron chi connectivity index (χ3n) is 1.96. The van der Waals surface area contributed by atoms with E-state index in [-0.39, 0.29) is 6.10 Å². The Labute approximate surface area is 91.0 Å². The van der Waals surface area contributed by atoms with Gasteiger partial charge in [0.1, 0.15) is 5.75 Å². The highest BCUT2D eigenvalue weighted by atomic mass is 35.5. The lowest BCUT2D eigenvalue weighted by molar-refractivity contribution is 0.239. The zero-order valence-electron chi connectivity index (χ0n) is 9.17. The first-order chi connectivity index (χ1) is 6.50. The number of ether oxygens (including phenoxy) is 1. The Bertz CT molecular complexity index is 305. The first-order valence-electron chi connectivity index (χ1n) is 4.96. The standard InChI is InChI=1S/C12H17ClO/c1-8(2)11-6-5-10(13)7-12(11)14-9(3)4/h5-9H,1-4H3. The highest BCUT2D eigenvalue weighted by Gasteiger charge is 2.09. The van der Waals surface area contributed by atoms with Gasteiger partial charge >= 0.3 is 0 Å². The van der Waals surface area contributed by atoms with Crippen LogP contribution in [0.15, 0.2) is 18.2 Å². The van der Waals surface area contributed by atoms with Crippen LogP contribution in [-0.4, -0.2) is 6.10 Å². The van der Waals surface area contributed by atoms with Gasteiger partial charge in [0.05, 0.1) is 6.10 Å². The largest absolute Gasteiger partial charge is 0.491 e. The maximum absolute atomic E-state index is 5.92. The predicted molar refractivity (Wildman–Crippen MR) is 61.3 cm³/mol. The summed E-state index contributed by atoms with van der Waals surface area (Å²) in [5, 5.41) is 0.727. The molecule has 0 heterocycles. The lowest BCUT2D eigenvalue weighted by Crippen LogP contribution is -2.08. The molecule has 0 aliphatic rings. The van der Waals surface area contributed by atoms with Crippen LogP contribution in [0.3, 0.4) is 0 Å². The highest BCUT2D eigenvalue weighted by Crippen LogP contribution is 2.29. The Balaban J connectivity index is 3.03. The monoisotopic (exact) mass is 212 g/mol. The Morgan fingerprint density at radius 3 is 2.29 bits per heavy atom. The maximum Gasteiger partial charge on any atom is 0.124 e. The van der Waals surface area contributed by atoms with Crippen molar-refractivity contribution < 1.29 is 4.74 Å². The van der Waals surface area contributed by atoms with Gasteiger partial charge in [0.15, 0.2) is 0 Å². The molecule has 14 heavy (non-hydrogen) atoms. The summed E-state index contributed by atoms with van der Waals surface area (Å²) in [4.78, 5) is 0. The minimum atomic E-state index is 0.186. The van der Waals surface area contributed by atoms with Gasteiger partial charge in [-0.25, -0.2) is 0 Å². The molecule has 78 valence electrons. The molecule has 0 spiro atoms. The number of halogens is 1. The minimum Gasteiger partial charge on any atom is -0.491 e. The Morgan fingerprint density at radius 2 is 1.79 bits per heavy atom. The first-order valence-corrected chi connectivity index (χ1v) is 5.34. The van der Waals surface area contributed by atoms with E-state index in [2.05, 4.69) is 13.8 Å². The smallest absolute Gasteiger partial charge is 0.124 e. The van der Waals surface area contributed by atoms with Gasteiger partial charge in [-0.05, 0) is 37.5 Å². The van der Waals surface area contributed by atoms with Gasteiger partial charge in [-0.2, -0.15) is 0 Å². The number of benzene rings is 1. The predicted octanol–water partition coefficient (Wildman–Crippen LogP) is 4.25. The summed E-state index contributed by atoms with van der Waals surface area (Å²) in [6, 6.07) is 5.83. The minimum absolute atomic E-state index is 0.186. The molecule has 0 aromatic heterocycles. The molecule has 0 unspecified atom stereocenters. The Morgan fingerprint density at radius 1 is 1.14 bits per heavy atom. The molecule has 0 bridgehead atoms. The summed E-state index contributed by atoms with van der Waals surface area (Å²) >= 11 is 5.92. The van der Waals surface area contributed by atoms with E-state index in [0.29, 0.717) is 5.92 Å². The molecule has 0 fully saturated rings. The normalized spacial score (nSPS) is 11.1. The van der Waals surface area contributed by atoms with E-state index >= 15 is 0 Å². The van der Waals surface area contributed by atoms with Crippen LogP contribution in [0.2, 0.25) is 5.02 Å². The molecule has 0 aliphatic carbocycles. The number of rotatable bonds is 3. The second-order valence-electron chi connectivity index (χ2n) is 4.00. The van der Waals surface area contributed by atoms with Crippen molar-refractivity contribution in [3.8, 4) is 5.75 Å². The fourth-order valence-electron chi connectivity index (χ4n) is 1.34. The molecule has 0 N–H and O–H groups in total. The molecule has 0 saturated carbocycles. The van der Waals surface area contributed by atoms with Crippen molar-refractivity contribution in [2.75, 3.05) is 0 Å². The van der Waals surface area contributed by atoms with Gasteiger partial charge in [-0.3, -0.25) is 0 Å². The van der Waals surface area contributed by atoms with Crippen LogP contribution in [0, 0.1) is 0 Å². The maximum atomic E-state index is 5.92. The van der Waals surface area contributed by atoms with Crippen molar-refractivity contribution in [3.05, 3.63) is 28.8 Å². The molecule has 0 saturated heterocycles. The van der Waals surface area contributed by atoms with Crippen molar-refractivity contribution in [1.29, 1.82) is 0 Å². The summed E-state index contributed by atoms with van der Waals surface area (Å²) in [6.45, 7) is 8.34. The van der Waals surface area contributed by atoms with Crippen molar-refractivity contribution in [2.45, 2.75) is 39.7 Å². The van der Waals surface area contributed by atoms with Crippen LogP contribution in [0.25, 0.3) is 0 Å². The van der Waals surface area contributed by atoms with Crippen LogP contribution >= 0.6 is 11.6 Å². The van der Waals surface area contributed by atoms with Crippen molar-refractivity contribution in [3.63, 3.8) is 0 Å². The van der Waals surface area contributed by atoms with Gasteiger partial charge in [-0.1, -0.05) is 31.5 Å². The molecule has 0 radical (unpaired) electrons. The molecular weight excluding hydrogens is 196 g/mol. The van der Waals surface area contributed by atoms with Gasteiger partial charge in [0.2, 0.25) is 0 Å². The molecule has 0 atom stereocenters. The third kappa shape index (κ3) is 2.91. The lowest BCUT2D eigenvalue weighted by atomic mass is 10.0. The molecule has 2 heteroatoms. The molecule has 1 aromatic carbocycles. The fraction of sp³-hybridized carbons (Fsp3) is 0.500. The average molecular weight is 213 g/mol.